The number of benzene rings is 2. The summed E-state index contributed by atoms with van der Waals surface area (Å²) in [6.07, 6.45) is 1.54. The number of morpholine rings is 1. The SMILES string of the molecule is CCOC(=O)c1ccc2nc(N3CCOCC3)cc(Nc3cnnc(-c4cc(Cl)ccc4F)c3)c2c1. The van der Waals surface area contributed by atoms with Crippen LogP contribution in [-0.2, 0) is 9.47 Å². The maximum Gasteiger partial charge on any atom is 0.338 e. The molecule has 0 amide bonds. The maximum atomic E-state index is 14.4. The Balaban J connectivity index is 1.58. The second kappa shape index (κ2) is 10.4. The first-order valence-electron chi connectivity index (χ1n) is 11.5. The fraction of sp³-hybridized carbons (Fsp3) is 0.231. The molecule has 0 atom stereocenters. The molecule has 0 unspecified atom stereocenters. The van der Waals surface area contributed by atoms with E-state index in [4.69, 9.17) is 26.1 Å². The average Bonchev–Trinajstić information content (AvgIpc) is 2.90. The number of carbonyl (C=O) groups excluding carboxylic acids is 1. The summed E-state index contributed by atoms with van der Waals surface area (Å²) in [6, 6.07) is 13.1. The molecular weight excluding hydrogens is 485 g/mol. The first kappa shape index (κ1) is 23.9. The summed E-state index contributed by atoms with van der Waals surface area (Å²) in [5, 5.41) is 12.6. The number of pyridine rings is 1. The van der Waals surface area contributed by atoms with Gasteiger partial charge in [0.15, 0.2) is 0 Å². The number of carbonyl (C=O) groups is 1. The molecule has 0 aliphatic carbocycles. The summed E-state index contributed by atoms with van der Waals surface area (Å²) in [5.74, 6) is -0.0823. The number of ether oxygens (including phenoxy) is 2. The van der Waals surface area contributed by atoms with Gasteiger partial charge in [-0.25, -0.2) is 14.2 Å². The topological polar surface area (TPSA) is 89.5 Å². The third kappa shape index (κ3) is 5.07. The molecule has 0 radical (unpaired) electrons. The van der Waals surface area contributed by atoms with Crippen LogP contribution in [0.4, 0.5) is 21.6 Å². The summed E-state index contributed by atoms with van der Waals surface area (Å²) in [4.78, 5) is 19.3. The monoisotopic (exact) mass is 507 g/mol. The summed E-state index contributed by atoms with van der Waals surface area (Å²) in [5.41, 5.74) is 3.00. The van der Waals surface area contributed by atoms with Crippen LogP contribution in [0.3, 0.4) is 0 Å². The molecular formula is C26H23ClFN5O3. The zero-order chi connectivity index (χ0) is 25.1. The number of hydrogen-bond acceptors (Lipinski definition) is 8. The van der Waals surface area contributed by atoms with Crippen molar-refractivity contribution < 1.29 is 18.7 Å². The zero-order valence-corrected chi connectivity index (χ0v) is 20.3. The van der Waals surface area contributed by atoms with Crippen LogP contribution in [0.15, 0.2) is 54.7 Å². The van der Waals surface area contributed by atoms with Crippen LogP contribution >= 0.6 is 11.6 Å². The molecule has 1 fully saturated rings. The zero-order valence-electron chi connectivity index (χ0n) is 19.5. The summed E-state index contributed by atoms with van der Waals surface area (Å²) in [6.45, 7) is 4.71. The Labute approximate surface area is 212 Å². The lowest BCUT2D eigenvalue weighted by Crippen LogP contribution is -2.36. The van der Waals surface area contributed by atoms with Crippen LogP contribution in [0.5, 0.6) is 0 Å². The Morgan fingerprint density at radius 1 is 1.17 bits per heavy atom. The van der Waals surface area contributed by atoms with Crippen molar-refractivity contribution in [2.45, 2.75) is 6.92 Å². The molecule has 1 aliphatic rings. The number of hydrogen-bond donors (Lipinski definition) is 1. The highest BCUT2D eigenvalue weighted by molar-refractivity contribution is 6.30. The molecule has 1 saturated heterocycles. The van der Waals surface area contributed by atoms with Crippen LogP contribution in [0.2, 0.25) is 5.02 Å². The van der Waals surface area contributed by atoms with E-state index >= 15 is 0 Å². The normalized spacial score (nSPS) is 13.6. The predicted molar refractivity (Wildman–Crippen MR) is 136 cm³/mol. The lowest BCUT2D eigenvalue weighted by Gasteiger charge is -2.28. The standard InChI is InChI=1S/C26H23ClFN5O3/c1-2-36-26(34)16-3-6-22-20(11-16)23(14-25(31-22)33-7-9-35-10-8-33)30-18-13-24(32-29-15-18)19-12-17(27)4-5-21(19)28/h3-6,11-15H,2,7-10H2,1H3,(H,30,31,32). The lowest BCUT2D eigenvalue weighted by molar-refractivity contribution is 0.0526. The molecule has 0 spiro atoms. The van der Waals surface area contributed by atoms with E-state index in [1.807, 2.05) is 6.07 Å². The molecule has 10 heteroatoms. The molecule has 1 aliphatic heterocycles. The minimum atomic E-state index is -0.450. The highest BCUT2D eigenvalue weighted by Gasteiger charge is 2.17. The number of nitrogens with one attached hydrogen (secondary N) is 1. The van der Waals surface area contributed by atoms with Gasteiger partial charge in [-0.15, -0.1) is 0 Å². The number of fused-ring (bicyclic) bond motifs is 1. The van der Waals surface area contributed by atoms with Gasteiger partial charge in [0.2, 0.25) is 0 Å². The van der Waals surface area contributed by atoms with Gasteiger partial charge in [0, 0.05) is 35.1 Å². The summed E-state index contributed by atoms with van der Waals surface area (Å²) < 4.78 is 25.1. The third-order valence-corrected chi connectivity index (χ3v) is 6.01. The van der Waals surface area contributed by atoms with Crippen molar-refractivity contribution in [3.05, 3.63) is 71.1 Å². The third-order valence-electron chi connectivity index (χ3n) is 5.78. The molecule has 36 heavy (non-hydrogen) atoms. The summed E-state index contributed by atoms with van der Waals surface area (Å²) >= 11 is 6.07. The Morgan fingerprint density at radius 3 is 2.81 bits per heavy atom. The van der Waals surface area contributed by atoms with E-state index in [2.05, 4.69) is 20.4 Å². The second-order valence-corrected chi connectivity index (χ2v) is 8.59. The molecule has 2 aromatic carbocycles. The van der Waals surface area contributed by atoms with Gasteiger partial charge >= 0.3 is 5.97 Å². The average molecular weight is 508 g/mol. The van der Waals surface area contributed by atoms with Crippen molar-refractivity contribution in [3.8, 4) is 11.3 Å². The minimum absolute atomic E-state index is 0.247. The molecule has 8 nitrogen and oxygen atoms in total. The van der Waals surface area contributed by atoms with Gasteiger partial charge in [-0.05, 0) is 49.4 Å². The van der Waals surface area contributed by atoms with Crippen molar-refractivity contribution in [1.29, 1.82) is 0 Å². The van der Waals surface area contributed by atoms with Gasteiger partial charge in [-0.1, -0.05) is 11.6 Å². The highest BCUT2D eigenvalue weighted by Crippen LogP contribution is 2.32. The Kier molecular flexibility index (Phi) is 6.92. The van der Waals surface area contributed by atoms with Gasteiger partial charge in [-0.2, -0.15) is 10.2 Å². The maximum absolute atomic E-state index is 14.4. The molecule has 1 N–H and O–H groups in total. The van der Waals surface area contributed by atoms with Gasteiger partial charge in [0.1, 0.15) is 11.6 Å². The smallest absolute Gasteiger partial charge is 0.338 e. The fourth-order valence-electron chi connectivity index (χ4n) is 4.03. The van der Waals surface area contributed by atoms with Crippen LogP contribution < -0.4 is 10.2 Å². The van der Waals surface area contributed by atoms with E-state index in [-0.39, 0.29) is 12.2 Å². The Hall–Kier alpha value is -3.82. The van der Waals surface area contributed by atoms with Crippen molar-refractivity contribution in [2.75, 3.05) is 43.1 Å². The molecule has 4 aromatic rings. The molecule has 5 rings (SSSR count). The van der Waals surface area contributed by atoms with E-state index in [0.717, 1.165) is 11.2 Å². The van der Waals surface area contributed by atoms with Gasteiger partial charge in [-0.3, -0.25) is 0 Å². The molecule has 2 aromatic heterocycles. The highest BCUT2D eigenvalue weighted by atomic mass is 35.5. The van der Waals surface area contributed by atoms with Crippen molar-refractivity contribution in [2.24, 2.45) is 0 Å². The van der Waals surface area contributed by atoms with Gasteiger partial charge < -0.3 is 19.7 Å². The second-order valence-electron chi connectivity index (χ2n) is 8.16. The van der Waals surface area contributed by atoms with E-state index < -0.39 is 11.8 Å². The Bertz CT molecular complexity index is 1430. The molecule has 3 heterocycles. The van der Waals surface area contributed by atoms with Crippen LogP contribution in [0, 0.1) is 5.82 Å². The quantitative estimate of drug-likeness (QED) is 0.354. The van der Waals surface area contributed by atoms with E-state index in [0.29, 0.717) is 59.5 Å². The van der Waals surface area contributed by atoms with Crippen LogP contribution in [0.25, 0.3) is 22.2 Å². The minimum Gasteiger partial charge on any atom is -0.462 e. The first-order valence-corrected chi connectivity index (χ1v) is 11.9. The molecule has 184 valence electrons. The predicted octanol–water partition coefficient (Wildman–Crippen LogP) is 5.24. The number of aromatic nitrogens is 3. The van der Waals surface area contributed by atoms with Crippen LogP contribution in [0.1, 0.15) is 17.3 Å². The molecule has 0 bridgehead atoms. The van der Waals surface area contributed by atoms with E-state index in [9.17, 15) is 9.18 Å². The van der Waals surface area contributed by atoms with Gasteiger partial charge in [0.05, 0.1) is 54.2 Å². The van der Waals surface area contributed by atoms with E-state index in [1.165, 1.54) is 18.2 Å². The van der Waals surface area contributed by atoms with E-state index in [1.54, 1.807) is 37.4 Å². The largest absolute Gasteiger partial charge is 0.462 e. The number of esters is 1. The van der Waals surface area contributed by atoms with Crippen molar-refractivity contribution in [1.82, 2.24) is 15.2 Å². The fourth-order valence-corrected chi connectivity index (χ4v) is 4.20. The lowest BCUT2D eigenvalue weighted by atomic mass is 10.1. The Morgan fingerprint density at radius 2 is 2.00 bits per heavy atom. The first-order chi connectivity index (χ1) is 17.5. The van der Waals surface area contributed by atoms with Gasteiger partial charge in [0.25, 0.3) is 0 Å². The van der Waals surface area contributed by atoms with Crippen molar-refractivity contribution >= 4 is 45.7 Å². The number of rotatable bonds is 6. The number of nitrogens with zero attached hydrogens (tertiary/aromatic N) is 4. The van der Waals surface area contributed by atoms with Crippen molar-refractivity contribution in [3.63, 3.8) is 0 Å². The summed E-state index contributed by atoms with van der Waals surface area (Å²) in [7, 11) is 0. The number of halogens is 2. The van der Waals surface area contributed by atoms with Crippen LogP contribution in [-0.4, -0.2) is 54.1 Å². The molecule has 0 saturated carbocycles. The number of anilines is 3.